The summed E-state index contributed by atoms with van der Waals surface area (Å²) < 4.78 is 24.7. The lowest BCUT2D eigenvalue weighted by atomic mass is 10.1. The van der Waals surface area contributed by atoms with Crippen LogP contribution in [0.4, 0.5) is 5.69 Å². The van der Waals surface area contributed by atoms with Gasteiger partial charge >= 0.3 is 0 Å². The van der Waals surface area contributed by atoms with E-state index >= 15 is 0 Å². The average molecular weight is 268 g/mol. The van der Waals surface area contributed by atoms with Gasteiger partial charge in [0.25, 0.3) is 0 Å². The van der Waals surface area contributed by atoms with Crippen molar-refractivity contribution in [1.29, 1.82) is 0 Å². The van der Waals surface area contributed by atoms with E-state index in [2.05, 4.69) is 17.0 Å². The molecule has 2 rings (SSSR count). The zero-order valence-electron chi connectivity index (χ0n) is 10.9. The molecule has 0 saturated carbocycles. The van der Waals surface area contributed by atoms with Crippen LogP contribution in [-0.4, -0.2) is 45.2 Å². The number of rotatable bonds is 3. The smallest absolute Gasteiger partial charge is 0.211 e. The lowest BCUT2D eigenvalue weighted by Crippen LogP contribution is -2.48. The Bertz CT molecular complexity index is 487. The number of nitrogens with zero attached hydrogens (tertiary/aromatic N) is 2. The Labute approximate surface area is 109 Å². The quantitative estimate of drug-likeness (QED) is 0.835. The van der Waals surface area contributed by atoms with Crippen molar-refractivity contribution in [1.82, 2.24) is 4.31 Å². The van der Waals surface area contributed by atoms with Crippen LogP contribution in [0.5, 0.6) is 0 Å². The van der Waals surface area contributed by atoms with Crippen LogP contribution >= 0.6 is 0 Å². The summed E-state index contributed by atoms with van der Waals surface area (Å²) in [5.74, 6) is 0. The van der Waals surface area contributed by atoms with Gasteiger partial charge in [-0.1, -0.05) is 18.2 Å². The Kier molecular flexibility index (Phi) is 3.92. The van der Waals surface area contributed by atoms with Gasteiger partial charge in [-0.25, -0.2) is 12.7 Å². The minimum absolute atomic E-state index is 0.0777. The second-order valence-electron chi connectivity index (χ2n) is 4.86. The molecule has 1 fully saturated rings. The molecular formula is C13H20N2O2S. The highest BCUT2D eigenvalue weighted by molar-refractivity contribution is 7.88. The van der Waals surface area contributed by atoms with Crippen LogP contribution in [0.2, 0.25) is 0 Å². The number of benzene rings is 1. The molecule has 1 atom stereocenters. The predicted molar refractivity (Wildman–Crippen MR) is 74.3 cm³/mol. The van der Waals surface area contributed by atoms with E-state index in [1.807, 2.05) is 18.2 Å². The van der Waals surface area contributed by atoms with Gasteiger partial charge in [-0.2, -0.15) is 0 Å². The molecule has 0 N–H and O–H groups in total. The second-order valence-corrected chi connectivity index (χ2v) is 6.90. The number of para-hydroxylation sites is 1. The van der Waals surface area contributed by atoms with Gasteiger partial charge in [0.15, 0.2) is 0 Å². The molecule has 0 radical (unpaired) electrons. The fourth-order valence-electron chi connectivity index (χ4n) is 2.40. The predicted octanol–water partition coefficient (Wildman–Crippen LogP) is 1.55. The summed E-state index contributed by atoms with van der Waals surface area (Å²) in [7, 11) is -1.43. The van der Waals surface area contributed by atoms with Crippen LogP contribution in [0.15, 0.2) is 30.3 Å². The highest BCUT2D eigenvalue weighted by Crippen LogP contribution is 2.22. The monoisotopic (exact) mass is 268 g/mol. The number of anilines is 1. The van der Waals surface area contributed by atoms with Gasteiger partial charge in [-0.05, 0) is 25.0 Å². The van der Waals surface area contributed by atoms with Crippen LogP contribution in [0, 0.1) is 0 Å². The third-order valence-electron chi connectivity index (χ3n) is 3.56. The van der Waals surface area contributed by atoms with E-state index in [1.165, 1.54) is 16.2 Å². The maximum atomic E-state index is 11.6. The first-order valence-corrected chi connectivity index (χ1v) is 8.06. The summed E-state index contributed by atoms with van der Waals surface area (Å²) >= 11 is 0. The van der Waals surface area contributed by atoms with Crippen LogP contribution in [0.25, 0.3) is 0 Å². The number of likely N-dealkylation sites (N-methyl/N-ethyl adjacent to an activating group) is 1. The molecule has 18 heavy (non-hydrogen) atoms. The first kappa shape index (κ1) is 13.4. The lowest BCUT2D eigenvalue weighted by Gasteiger charge is -2.37. The molecule has 100 valence electrons. The van der Waals surface area contributed by atoms with Gasteiger partial charge in [0.05, 0.1) is 6.26 Å². The van der Waals surface area contributed by atoms with Crippen molar-refractivity contribution in [2.45, 2.75) is 18.9 Å². The molecule has 1 heterocycles. The molecule has 1 saturated heterocycles. The molecule has 1 aliphatic heterocycles. The van der Waals surface area contributed by atoms with E-state index in [9.17, 15) is 8.42 Å². The van der Waals surface area contributed by atoms with Crippen molar-refractivity contribution in [2.24, 2.45) is 0 Å². The van der Waals surface area contributed by atoms with E-state index in [0.717, 1.165) is 25.9 Å². The van der Waals surface area contributed by atoms with Crippen LogP contribution in [0.3, 0.4) is 0 Å². The van der Waals surface area contributed by atoms with E-state index < -0.39 is 10.0 Å². The molecule has 0 spiro atoms. The molecule has 1 aromatic carbocycles. The van der Waals surface area contributed by atoms with Crippen molar-refractivity contribution in [3.63, 3.8) is 0 Å². The minimum atomic E-state index is -3.10. The molecule has 0 aliphatic carbocycles. The Morgan fingerprint density at radius 2 is 1.94 bits per heavy atom. The molecule has 0 unspecified atom stereocenters. The first-order valence-electron chi connectivity index (χ1n) is 6.21. The summed E-state index contributed by atoms with van der Waals surface area (Å²) in [6.07, 6.45) is 3.24. The molecule has 0 aromatic heterocycles. The van der Waals surface area contributed by atoms with Gasteiger partial charge in [0, 0.05) is 31.9 Å². The maximum absolute atomic E-state index is 11.6. The SMILES string of the molecule is CN([C@H]1CCCN(c2ccccc2)C1)S(C)(=O)=O. The highest BCUT2D eigenvalue weighted by atomic mass is 32.2. The number of piperidine rings is 1. The van der Waals surface area contributed by atoms with Crippen LogP contribution in [0.1, 0.15) is 12.8 Å². The Hall–Kier alpha value is -1.07. The Balaban J connectivity index is 2.10. The number of hydrogen-bond donors (Lipinski definition) is 0. The van der Waals surface area contributed by atoms with Gasteiger partial charge in [-0.15, -0.1) is 0 Å². The zero-order chi connectivity index (χ0) is 13.2. The Morgan fingerprint density at radius 3 is 2.56 bits per heavy atom. The maximum Gasteiger partial charge on any atom is 0.211 e. The van der Waals surface area contributed by atoms with Crippen molar-refractivity contribution in [3.05, 3.63) is 30.3 Å². The van der Waals surface area contributed by atoms with Gasteiger partial charge < -0.3 is 4.90 Å². The summed E-state index contributed by atoms with van der Waals surface area (Å²) in [6, 6.07) is 10.2. The average Bonchev–Trinajstić information content (AvgIpc) is 2.38. The third kappa shape index (κ3) is 3.03. The van der Waals surface area contributed by atoms with Crippen LogP contribution < -0.4 is 4.90 Å². The largest absolute Gasteiger partial charge is 0.370 e. The van der Waals surface area contributed by atoms with Crippen molar-refractivity contribution >= 4 is 15.7 Å². The van der Waals surface area contributed by atoms with Crippen molar-refractivity contribution in [2.75, 3.05) is 31.3 Å². The van der Waals surface area contributed by atoms with E-state index in [4.69, 9.17) is 0 Å². The first-order chi connectivity index (χ1) is 8.48. The summed E-state index contributed by atoms with van der Waals surface area (Å²) in [6.45, 7) is 1.77. The van der Waals surface area contributed by atoms with Gasteiger partial charge in [0.2, 0.25) is 10.0 Å². The third-order valence-corrected chi connectivity index (χ3v) is 4.90. The fraction of sp³-hybridized carbons (Fsp3) is 0.538. The lowest BCUT2D eigenvalue weighted by molar-refractivity contribution is 0.322. The summed E-state index contributed by atoms with van der Waals surface area (Å²) in [4.78, 5) is 2.26. The molecule has 1 aromatic rings. The molecular weight excluding hydrogens is 248 g/mol. The van der Waals surface area contributed by atoms with E-state index in [0.29, 0.717) is 0 Å². The number of hydrogen-bond acceptors (Lipinski definition) is 3. The van der Waals surface area contributed by atoms with Crippen molar-refractivity contribution < 1.29 is 8.42 Å². The molecule has 4 nitrogen and oxygen atoms in total. The van der Waals surface area contributed by atoms with Crippen molar-refractivity contribution in [3.8, 4) is 0 Å². The Morgan fingerprint density at radius 1 is 1.28 bits per heavy atom. The normalized spacial score (nSPS) is 21.3. The topological polar surface area (TPSA) is 40.6 Å². The van der Waals surface area contributed by atoms with Gasteiger partial charge in [0.1, 0.15) is 0 Å². The molecule has 0 bridgehead atoms. The number of sulfonamides is 1. The van der Waals surface area contributed by atoms with E-state index in [-0.39, 0.29) is 6.04 Å². The highest BCUT2D eigenvalue weighted by Gasteiger charge is 2.27. The van der Waals surface area contributed by atoms with Crippen LogP contribution in [-0.2, 0) is 10.0 Å². The fourth-order valence-corrected chi connectivity index (χ4v) is 3.11. The second kappa shape index (κ2) is 5.28. The van der Waals surface area contributed by atoms with E-state index in [1.54, 1.807) is 7.05 Å². The minimum Gasteiger partial charge on any atom is -0.370 e. The summed E-state index contributed by atoms with van der Waals surface area (Å²) in [5, 5.41) is 0. The summed E-state index contributed by atoms with van der Waals surface area (Å²) in [5.41, 5.74) is 1.17. The van der Waals surface area contributed by atoms with Gasteiger partial charge in [-0.3, -0.25) is 0 Å². The molecule has 1 aliphatic rings. The zero-order valence-corrected chi connectivity index (χ0v) is 11.7. The molecule has 5 heteroatoms. The standard InChI is InChI=1S/C13H20N2O2S/c1-14(18(2,16)17)13-9-6-10-15(11-13)12-7-4-3-5-8-12/h3-5,7-8,13H,6,9-11H2,1-2H3/t13-/m0/s1. The molecule has 0 amide bonds.